The fraction of sp³-hybridized carbons (Fsp3) is 0.769. The minimum absolute atomic E-state index is 0.0276. The quantitative estimate of drug-likeness (QED) is 0.854. The van der Waals surface area contributed by atoms with Crippen LogP contribution in [-0.4, -0.2) is 62.8 Å². The Bertz CT molecular complexity index is 472. The summed E-state index contributed by atoms with van der Waals surface area (Å²) in [4.78, 5) is 13.4. The highest BCUT2D eigenvalue weighted by Crippen LogP contribution is 2.13. The lowest BCUT2D eigenvalue weighted by molar-refractivity contribution is -0.0474. The smallest absolute Gasteiger partial charge is 0.358 e. The summed E-state index contributed by atoms with van der Waals surface area (Å²) in [5, 5.41) is 16.8. The summed E-state index contributed by atoms with van der Waals surface area (Å²) in [6.07, 6.45) is 0.620. The monoisotopic (exact) mass is 282 g/mol. The maximum atomic E-state index is 11.1. The van der Waals surface area contributed by atoms with Crippen LogP contribution in [0.2, 0.25) is 0 Å². The van der Waals surface area contributed by atoms with Gasteiger partial charge in [0.2, 0.25) is 0 Å². The molecule has 2 heterocycles. The van der Waals surface area contributed by atoms with Crippen molar-refractivity contribution in [3.8, 4) is 0 Å². The first-order valence-corrected chi connectivity index (χ1v) is 7.04. The molecule has 0 aromatic carbocycles. The van der Waals surface area contributed by atoms with Crippen LogP contribution >= 0.6 is 0 Å². The Kier molecular flexibility index (Phi) is 4.72. The van der Waals surface area contributed by atoms with Crippen molar-refractivity contribution in [3.05, 3.63) is 11.4 Å². The van der Waals surface area contributed by atoms with E-state index in [9.17, 15) is 4.79 Å². The van der Waals surface area contributed by atoms with Crippen molar-refractivity contribution in [1.29, 1.82) is 0 Å². The number of carboxylic acids is 1. The Labute approximate surface area is 118 Å². The van der Waals surface area contributed by atoms with Gasteiger partial charge >= 0.3 is 5.97 Å². The third-order valence-corrected chi connectivity index (χ3v) is 3.65. The van der Waals surface area contributed by atoms with E-state index in [-0.39, 0.29) is 11.8 Å². The number of aromatic carboxylic acids is 1. The maximum absolute atomic E-state index is 11.1. The molecular formula is C13H22N4O3. The van der Waals surface area contributed by atoms with Crippen LogP contribution in [0, 0.1) is 0 Å². The molecule has 0 saturated carbocycles. The molecule has 1 N–H and O–H groups in total. The van der Waals surface area contributed by atoms with E-state index in [1.807, 2.05) is 6.92 Å². The first-order chi connectivity index (χ1) is 9.52. The van der Waals surface area contributed by atoms with Gasteiger partial charge in [0.05, 0.1) is 24.9 Å². The van der Waals surface area contributed by atoms with E-state index < -0.39 is 5.97 Å². The fourth-order valence-corrected chi connectivity index (χ4v) is 2.51. The molecule has 0 radical (unpaired) electrons. The van der Waals surface area contributed by atoms with Crippen LogP contribution in [0.1, 0.15) is 37.0 Å². The largest absolute Gasteiger partial charge is 0.476 e. The Morgan fingerprint density at radius 2 is 2.30 bits per heavy atom. The molecule has 1 aliphatic rings. The highest BCUT2D eigenvalue weighted by molar-refractivity contribution is 5.86. The lowest BCUT2D eigenvalue weighted by atomic mass is 10.2. The van der Waals surface area contributed by atoms with Gasteiger partial charge in [0.15, 0.2) is 5.69 Å². The first-order valence-electron chi connectivity index (χ1n) is 7.04. The van der Waals surface area contributed by atoms with Gasteiger partial charge in [-0.15, -0.1) is 5.10 Å². The van der Waals surface area contributed by atoms with Crippen molar-refractivity contribution in [2.45, 2.75) is 45.9 Å². The fourth-order valence-electron chi connectivity index (χ4n) is 2.51. The van der Waals surface area contributed by atoms with E-state index in [2.05, 4.69) is 29.1 Å². The second-order valence-electron chi connectivity index (χ2n) is 5.31. The third kappa shape index (κ3) is 3.16. The average Bonchev–Trinajstić information content (AvgIpc) is 2.82. The molecular weight excluding hydrogens is 260 g/mol. The molecule has 7 nitrogen and oxygen atoms in total. The number of ether oxygens (including phenoxy) is 1. The molecule has 0 amide bonds. The first kappa shape index (κ1) is 14.9. The molecule has 1 unspecified atom stereocenters. The second kappa shape index (κ2) is 6.32. The second-order valence-corrected chi connectivity index (χ2v) is 5.31. The molecule has 0 aliphatic carbocycles. The summed E-state index contributed by atoms with van der Waals surface area (Å²) >= 11 is 0. The van der Waals surface area contributed by atoms with Crippen LogP contribution in [-0.2, 0) is 17.7 Å². The van der Waals surface area contributed by atoms with Crippen molar-refractivity contribution >= 4 is 5.97 Å². The van der Waals surface area contributed by atoms with Gasteiger partial charge in [-0.05, 0) is 20.3 Å². The molecule has 112 valence electrons. The van der Waals surface area contributed by atoms with Gasteiger partial charge in [-0.2, -0.15) is 0 Å². The predicted molar refractivity (Wildman–Crippen MR) is 72.8 cm³/mol. The molecule has 1 saturated heterocycles. The molecule has 1 atom stereocenters. The molecule has 1 aromatic heterocycles. The van der Waals surface area contributed by atoms with Crippen molar-refractivity contribution in [3.63, 3.8) is 0 Å². The molecule has 1 fully saturated rings. The van der Waals surface area contributed by atoms with E-state index >= 15 is 0 Å². The number of morpholine rings is 1. The van der Waals surface area contributed by atoms with Gasteiger partial charge in [0.25, 0.3) is 0 Å². The molecule has 0 spiro atoms. The Hall–Kier alpha value is -1.47. The van der Waals surface area contributed by atoms with Gasteiger partial charge in [0.1, 0.15) is 0 Å². The van der Waals surface area contributed by atoms with E-state index in [0.29, 0.717) is 31.3 Å². The van der Waals surface area contributed by atoms with Gasteiger partial charge < -0.3 is 9.84 Å². The maximum Gasteiger partial charge on any atom is 0.358 e. The van der Waals surface area contributed by atoms with Crippen molar-refractivity contribution in [2.24, 2.45) is 0 Å². The number of carbonyl (C=O) groups is 1. The predicted octanol–water partition coefficient (Wildman–Crippen LogP) is 0.648. The van der Waals surface area contributed by atoms with Crippen molar-refractivity contribution in [2.75, 3.05) is 19.7 Å². The number of nitrogens with zero attached hydrogens (tertiary/aromatic N) is 4. The molecule has 2 rings (SSSR count). The average molecular weight is 282 g/mol. The van der Waals surface area contributed by atoms with Crippen LogP contribution in [0.15, 0.2) is 0 Å². The zero-order valence-corrected chi connectivity index (χ0v) is 12.2. The number of rotatable bonds is 5. The minimum Gasteiger partial charge on any atom is -0.476 e. The number of hydrogen-bond donors (Lipinski definition) is 1. The standard InChI is InChI=1S/C13H22N4O3/c1-4-11-12(13(18)19)14-15-17(11)8-10-7-16(9(2)3)5-6-20-10/h9-10H,4-8H2,1-3H3,(H,18,19). The van der Waals surface area contributed by atoms with E-state index in [1.165, 1.54) is 0 Å². The summed E-state index contributed by atoms with van der Waals surface area (Å²) in [5.41, 5.74) is 0.701. The lowest BCUT2D eigenvalue weighted by Gasteiger charge is -2.35. The SMILES string of the molecule is CCc1c(C(=O)O)nnn1CC1CN(C(C)C)CCO1. The zero-order valence-electron chi connectivity index (χ0n) is 12.2. The summed E-state index contributed by atoms with van der Waals surface area (Å²) in [5.74, 6) is -1.03. The normalized spacial score (nSPS) is 20.5. The topological polar surface area (TPSA) is 80.5 Å². The van der Waals surface area contributed by atoms with E-state index in [0.717, 1.165) is 13.1 Å². The summed E-state index contributed by atoms with van der Waals surface area (Å²) in [6.45, 7) is 9.26. The summed E-state index contributed by atoms with van der Waals surface area (Å²) in [7, 11) is 0. The third-order valence-electron chi connectivity index (χ3n) is 3.65. The highest BCUT2D eigenvalue weighted by Gasteiger charge is 2.25. The van der Waals surface area contributed by atoms with Crippen LogP contribution < -0.4 is 0 Å². The van der Waals surface area contributed by atoms with Crippen LogP contribution in [0.25, 0.3) is 0 Å². The van der Waals surface area contributed by atoms with E-state index in [1.54, 1.807) is 4.68 Å². The van der Waals surface area contributed by atoms with Gasteiger partial charge in [-0.3, -0.25) is 4.90 Å². The highest BCUT2D eigenvalue weighted by atomic mass is 16.5. The lowest BCUT2D eigenvalue weighted by Crippen LogP contribution is -2.47. The molecule has 1 aliphatic heterocycles. The number of hydrogen-bond acceptors (Lipinski definition) is 5. The molecule has 0 bridgehead atoms. The van der Waals surface area contributed by atoms with Crippen molar-refractivity contribution in [1.82, 2.24) is 19.9 Å². The van der Waals surface area contributed by atoms with E-state index in [4.69, 9.17) is 9.84 Å². The Balaban J connectivity index is 2.08. The van der Waals surface area contributed by atoms with Crippen molar-refractivity contribution < 1.29 is 14.6 Å². The van der Waals surface area contributed by atoms with Crippen LogP contribution in [0.3, 0.4) is 0 Å². The van der Waals surface area contributed by atoms with Gasteiger partial charge in [-0.25, -0.2) is 9.48 Å². The van der Waals surface area contributed by atoms with Gasteiger partial charge in [-0.1, -0.05) is 12.1 Å². The van der Waals surface area contributed by atoms with Crippen LogP contribution in [0.4, 0.5) is 0 Å². The Morgan fingerprint density at radius 3 is 2.90 bits per heavy atom. The Morgan fingerprint density at radius 1 is 1.55 bits per heavy atom. The number of carboxylic acid groups (broad SMARTS) is 1. The minimum atomic E-state index is -1.03. The molecule has 7 heteroatoms. The number of aromatic nitrogens is 3. The zero-order chi connectivity index (χ0) is 14.7. The molecule has 20 heavy (non-hydrogen) atoms. The van der Waals surface area contributed by atoms with Crippen LogP contribution in [0.5, 0.6) is 0 Å². The molecule has 1 aromatic rings. The summed E-state index contributed by atoms with van der Waals surface area (Å²) < 4.78 is 7.42. The van der Waals surface area contributed by atoms with Gasteiger partial charge in [0, 0.05) is 19.1 Å². The summed E-state index contributed by atoms with van der Waals surface area (Å²) in [6, 6.07) is 0.484.